The van der Waals surface area contributed by atoms with E-state index in [9.17, 15) is 24.3 Å². The van der Waals surface area contributed by atoms with Gasteiger partial charge in [-0.3, -0.25) is 14.4 Å². The first-order valence-corrected chi connectivity index (χ1v) is 13.7. The maximum absolute atomic E-state index is 13.9. The topological polar surface area (TPSA) is 165 Å². The summed E-state index contributed by atoms with van der Waals surface area (Å²) in [5.74, 6) is -2.46. The fourth-order valence-corrected chi connectivity index (χ4v) is 4.32. The minimum absolute atomic E-state index is 0.0356. The van der Waals surface area contributed by atoms with E-state index in [4.69, 9.17) is 16.2 Å². The number of benzene rings is 2. The first-order chi connectivity index (χ1) is 18.5. The summed E-state index contributed by atoms with van der Waals surface area (Å²) in [6, 6.07) is 9.39. The summed E-state index contributed by atoms with van der Waals surface area (Å²) in [7, 11) is 1.46. The van der Waals surface area contributed by atoms with Crippen LogP contribution in [0.25, 0.3) is 0 Å². The zero-order chi connectivity index (χ0) is 30.4. The molecule has 6 N–H and O–H groups in total. The number of nitrogens with one attached hydrogen (secondary N) is 1. The molecule has 0 spiro atoms. The third-order valence-electron chi connectivity index (χ3n) is 6.56. The first-order valence-electron chi connectivity index (χ1n) is 12.6. The molecule has 40 heavy (non-hydrogen) atoms. The summed E-state index contributed by atoms with van der Waals surface area (Å²) >= 11 is 8.81. The molecule has 0 aliphatic heterocycles. The fraction of sp³-hybridized carbons (Fsp3) is 0.429. The number of hydrogen-bond donors (Lipinski definition) is 6. The Hall–Kier alpha value is -3.06. The van der Waals surface area contributed by atoms with Crippen LogP contribution in [0.4, 0.5) is 0 Å². The highest BCUT2D eigenvalue weighted by molar-refractivity contribution is 7.81. The molecule has 4 atom stereocenters. The van der Waals surface area contributed by atoms with Crippen molar-refractivity contribution >= 4 is 48.8 Å². The number of rotatable bonds is 12. The molecule has 0 saturated carbocycles. The number of ether oxygens (including phenoxy) is 1. The monoisotopic (exact) mass is 590 g/mol. The largest absolute Gasteiger partial charge is 0.508 e. The van der Waals surface area contributed by atoms with Crippen LogP contribution in [0.5, 0.6) is 11.5 Å². The molecular formula is C28H38N4O6S2. The molecule has 0 saturated heterocycles. The van der Waals surface area contributed by atoms with E-state index in [1.54, 1.807) is 45.0 Å². The van der Waals surface area contributed by atoms with Crippen LogP contribution in [-0.4, -0.2) is 74.8 Å². The lowest BCUT2D eigenvalue weighted by Crippen LogP contribution is -2.58. The number of carbonyl (C=O) groups excluding carboxylic acids is 4. The van der Waals surface area contributed by atoms with Crippen molar-refractivity contribution in [3.63, 3.8) is 0 Å². The Labute approximate surface area is 245 Å². The lowest BCUT2D eigenvalue weighted by molar-refractivity contribution is -0.140. The SMILES string of the molecule is C[C@H](N)C(=O)N[C@@H](C(=O)Oc1ccccc1C(=O)[C@@](C)(CS)N(C)C(=O)[C@@H](N)Cc1ccc(O)cc1)C(C)(C)S. The van der Waals surface area contributed by atoms with Gasteiger partial charge in [-0.2, -0.15) is 25.3 Å². The van der Waals surface area contributed by atoms with Crippen molar-refractivity contribution < 1.29 is 29.0 Å². The Morgan fingerprint density at radius 2 is 1.62 bits per heavy atom. The lowest BCUT2D eigenvalue weighted by Gasteiger charge is -2.38. The Kier molecular flexibility index (Phi) is 11.2. The number of phenolic OH excluding ortho intramolecular Hbond substituents is 1. The number of aromatic hydroxyl groups is 1. The van der Waals surface area contributed by atoms with Gasteiger partial charge in [-0.05, 0) is 63.9 Å². The molecule has 2 rings (SSSR count). The summed E-state index contributed by atoms with van der Waals surface area (Å²) in [6.07, 6.45) is 0.183. The van der Waals surface area contributed by atoms with Gasteiger partial charge in [0.15, 0.2) is 5.78 Å². The van der Waals surface area contributed by atoms with E-state index in [1.165, 1.54) is 43.1 Å². The van der Waals surface area contributed by atoms with Crippen LogP contribution in [0, 0.1) is 0 Å². The first kappa shape index (κ1) is 33.1. The molecule has 0 aromatic heterocycles. The molecule has 0 aliphatic carbocycles. The van der Waals surface area contributed by atoms with E-state index in [1.807, 2.05) is 0 Å². The van der Waals surface area contributed by atoms with Crippen LogP contribution in [0.3, 0.4) is 0 Å². The predicted octanol–water partition coefficient (Wildman–Crippen LogP) is 1.74. The minimum Gasteiger partial charge on any atom is -0.508 e. The Morgan fingerprint density at radius 3 is 2.15 bits per heavy atom. The third-order valence-corrected chi connectivity index (χ3v) is 7.44. The van der Waals surface area contributed by atoms with Crippen molar-refractivity contribution in [1.29, 1.82) is 0 Å². The fourth-order valence-electron chi connectivity index (χ4n) is 3.79. The minimum atomic E-state index is -1.46. The number of nitrogens with two attached hydrogens (primary N) is 2. The van der Waals surface area contributed by atoms with Gasteiger partial charge in [0.1, 0.15) is 23.1 Å². The van der Waals surface area contributed by atoms with E-state index in [0.717, 1.165) is 5.56 Å². The van der Waals surface area contributed by atoms with Crippen molar-refractivity contribution in [3.05, 3.63) is 59.7 Å². The maximum Gasteiger partial charge on any atom is 0.335 e. The lowest BCUT2D eigenvalue weighted by atomic mass is 9.89. The van der Waals surface area contributed by atoms with Crippen LogP contribution in [-0.2, 0) is 20.8 Å². The zero-order valence-electron chi connectivity index (χ0n) is 23.2. The molecule has 0 fully saturated rings. The highest BCUT2D eigenvalue weighted by Gasteiger charge is 2.42. The van der Waals surface area contributed by atoms with Crippen LogP contribution in [0.2, 0.25) is 0 Å². The summed E-state index contributed by atoms with van der Waals surface area (Å²) in [5.41, 5.74) is 11.2. The molecule has 0 bridgehead atoms. The van der Waals surface area contributed by atoms with Crippen molar-refractivity contribution in [2.24, 2.45) is 11.5 Å². The second-order valence-corrected chi connectivity index (χ2v) is 11.9. The summed E-state index contributed by atoms with van der Waals surface area (Å²) in [6.45, 7) is 6.28. The van der Waals surface area contributed by atoms with Gasteiger partial charge < -0.3 is 31.5 Å². The number of nitrogens with zero attached hydrogens (tertiary/aromatic N) is 1. The average Bonchev–Trinajstić information content (AvgIpc) is 2.90. The van der Waals surface area contributed by atoms with Crippen molar-refractivity contribution in [1.82, 2.24) is 10.2 Å². The number of ketones is 1. The van der Waals surface area contributed by atoms with E-state index < -0.39 is 52.0 Å². The van der Waals surface area contributed by atoms with Gasteiger partial charge in [0.2, 0.25) is 11.8 Å². The van der Waals surface area contributed by atoms with Gasteiger partial charge in [-0.25, -0.2) is 4.79 Å². The van der Waals surface area contributed by atoms with E-state index in [-0.39, 0.29) is 29.2 Å². The molecule has 2 aromatic carbocycles. The summed E-state index contributed by atoms with van der Waals surface area (Å²) in [4.78, 5) is 53.9. The standard InChI is InChI=1S/C28H38N4O6S2/c1-16(29)24(35)31-22(27(2,3)40)26(37)38-21-9-7-6-8-19(21)23(34)28(4,15-39)32(5)25(36)20(30)14-17-10-12-18(33)13-11-17/h6-13,16,20,22,33,39-40H,14-15,29-30H2,1-5H3,(H,31,35)/t16-,20-,22-,28+/m0/s1. The van der Waals surface area contributed by atoms with Gasteiger partial charge in [-0.15, -0.1) is 0 Å². The number of hydrogen-bond acceptors (Lipinski definition) is 10. The number of para-hydroxylation sites is 1. The molecule has 0 unspecified atom stereocenters. The molecule has 2 amide bonds. The quantitative estimate of drug-likeness (QED) is 0.0942. The van der Waals surface area contributed by atoms with Crippen LogP contribution in [0.1, 0.15) is 43.6 Å². The molecule has 12 heteroatoms. The molecule has 0 radical (unpaired) electrons. The molecule has 2 aromatic rings. The highest BCUT2D eigenvalue weighted by atomic mass is 32.1. The summed E-state index contributed by atoms with van der Waals surface area (Å²) < 4.78 is 4.59. The Balaban J connectivity index is 2.33. The average molecular weight is 591 g/mol. The van der Waals surface area contributed by atoms with E-state index in [2.05, 4.69) is 30.6 Å². The predicted molar refractivity (Wildman–Crippen MR) is 160 cm³/mol. The smallest absolute Gasteiger partial charge is 0.335 e. The number of likely N-dealkylation sites (N-methyl/N-ethyl adjacent to an activating group) is 1. The number of carbonyl (C=O) groups is 4. The zero-order valence-corrected chi connectivity index (χ0v) is 25.0. The van der Waals surface area contributed by atoms with Gasteiger partial charge in [0, 0.05) is 17.5 Å². The summed E-state index contributed by atoms with van der Waals surface area (Å²) in [5, 5.41) is 12.0. The second kappa shape index (κ2) is 13.5. The van der Waals surface area contributed by atoms with Gasteiger partial charge in [0.25, 0.3) is 0 Å². The van der Waals surface area contributed by atoms with E-state index >= 15 is 0 Å². The second-order valence-electron chi connectivity index (χ2n) is 10.4. The van der Waals surface area contributed by atoms with Crippen molar-refractivity contribution in [2.75, 3.05) is 12.8 Å². The van der Waals surface area contributed by atoms with Crippen LogP contribution < -0.4 is 21.5 Å². The van der Waals surface area contributed by atoms with Crippen molar-refractivity contribution in [3.8, 4) is 11.5 Å². The van der Waals surface area contributed by atoms with Crippen LogP contribution in [0.15, 0.2) is 48.5 Å². The van der Waals surface area contributed by atoms with Crippen LogP contribution >= 0.6 is 25.3 Å². The molecular weight excluding hydrogens is 552 g/mol. The Morgan fingerprint density at radius 1 is 1.05 bits per heavy atom. The van der Waals surface area contributed by atoms with Gasteiger partial charge >= 0.3 is 5.97 Å². The third kappa shape index (κ3) is 8.00. The van der Waals surface area contributed by atoms with Gasteiger partial charge in [0.05, 0.1) is 17.6 Å². The molecule has 10 nitrogen and oxygen atoms in total. The number of Topliss-reactive ketones (excluding diaryl/α,β-unsaturated/α-hetero) is 1. The highest BCUT2D eigenvalue weighted by Crippen LogP contribution is 2.29. The maximum atomic E-state index is 13.9. The van der Waals surface area contributed by atoms with Crippen molar-refractivity contribution in [2.45, 2.75) is 62.5 Å². The molecule has 0 heterocycles. The number of esters is 1. The van der Waals surface area contributed by atoms with Gasteiger partial charge in [-0.1, -0.05) is 24.3 Å². The molecule has 0 aliphatic rings. The number of amides is 2. The molecule has 218 valence electrons. The normalized spacial score (nSPS) is 15.2. The number of phenols is 1. The number of thiol groups is 2. The van der Waals surface area contributed by atoms with E-state index in [0.29, 0.717) is 0 Å². The Bertz CT molecular complexity index is 1230.